The number of nitrogens with one attached hydrogen (secondary N) is 1. The second-order valence-electron chi connectivity index (χ2n) is 6.21. The molecule has 1 aliphatic carbocycles. The van der Waals surface area contributed by atoms with E-state index >= 15 is 0 Å². The SMILES string of the molecule is CC(C)(C)OC(=O)N[C@]1(C(=O)O)C[C@H]1c1ccc(Br)cc1. The molecule has 2 atom stereocenters. The summed E-state index contributed by atoms with van der Waals surface area (Å²) in [5.74, 6) is -1.28. The molecular formula is C15H18BrNO4. The fourth-order valence-corrected chi connectivity index (χ4v) is 2.54. The summed E-state index contributed by atoms with van der Waals surface area (Å²) in [4.78, 5) is 23.4. The molecule has 2 rings (SSSR count). The van der Waals surface area contributed by atoms with Crippen molar-refractivity contribution in [2.24, 2.45) is 0 Å². The molecule has 6 heteroatoms. The fraction of sp³-hybridized carbons (Fsp3) is 0.467. The Morgan fingerprint density at radius 2 is 1.90 bits per heavy atom. The highest BCUT2D eigenvalue weighted by Gasteiger charge is 2.62. The second kappa shape index (κ2) is 5.33. The molecule has 0 aromatic heterocycles. The number of hydrogen-bond donors (Lipinski definition) is 2. The molecule has 1 aliphatic rings. The van der Waals surface area contributed by atoms with Gasteiger partial charge in [0.05, 0.1) is 0 Å². The standard InChI is InChI=1S/C15H18BrNO4/c1-14(2,3)21-13(20)17-15(12(18)19)8-11(15)9-4-6-10(16)7-5-9/h4-7,11H,8H2,1-3H3,(H,17,20)(H,18,19)/t11-,15+/m0/s1. The molecule has 1 fully saturated rings. The first-order chi connectivity index (χ1) is 9.64. The van der Waals surface area contributed by atoms with Crippen molar-refractivity contribution < 1.29 is 19.4 Å². The topological polar surface area (TPSA) is 75.6 Å². The lowest BCUT2D eigenvalue weighted by Crippen LogP contribution is -2.46. The van der Waals surface area contributed by atoms with Gasteiger partial charge in [-0.1, -0.05) is 28.1 Å². The molecule has 0 saturated heterocycles. The van der Waals surface area contributed by atoms with Crippen molar-refractivity contribution in [2.75, 3.05) is 0 Å². The van der Waals surface area contributed by atoms with Crippen LogP contribution < -0.4 is 5.32 Å². The van der Waals surface area contributed by atoms with Crippen LogP contribution in [0.25, 0.3) is 0 Å². The Kier molecular flexibility index (Phi) is 4.02. The average Bonchev–Trinajstić information content (AvgIpc) is 3.03. The Labute approximate surface area is 131 Å². The quantitative estimate of drug-likeness (QED) is 0.872. The number of ether oxygens (including phenoxy) is 1. The van der Waals surface area contributed by atoms with Gasteiger partial charge in [-0.2, -0.15) is 0 Å². The molecule has 5 nitrogen and oxygen atoms in total. The molecule has 0 spiro atoms. The first-order valence-corrected chi connectivity index (χ1v) is 7.43. The van der Waals surface area contributed by atoms with Crippen LogP contribution in [0.4, 0.5) is 4.79 Å². The zero-order chi connectivity index (χ0) is 15.8. The summed E-state index contributed by atoms with van der Waals surface area (Å²) in [6.45, 7) is 5.21. The van der Waals surface area contributed by atoms with Crippen molar-refractivity contribution in [2.45, 2.75) is 44.2 Å². The van der Waals surface area contributed by atoms with Gasteiger partial charge in [-0.15, -0.1) is 0 Å². The fourth-order valence-electron chi connectivity index (χ4n) is 2.27. The number of benzene rings is 1. The number of carbonyl (C=O) groups excluding carboxylic acids is 1. The Hall–Kier alpha value is -1.56. The van der Waals surface area contributed by atoms with E-state index < -0.39 is 23.2 Å². The van der Waals surface area contributed by atoms with E-state index in [1.54, 1.807) is 20.8 Å². The lowest BCUT2D eigenvalue weighted by atomic mass is 10.1. The van der Waals surface area contributed by atoms with Crippen LogP contribution in [-0.2, 0) is 9.53 Å². The monoisotopic (exact) mass is 355 g/mol. The molecule has 0 aliphatic heterocycles. The van der Waals surface area contributed by atoms with Crippen molar-refractivity contribution >= 4 is 28.0 Å². The maximum absolute atomic E-state index is 11.8. The number of carboxylic acids is 1. The zero-order valence-electron chi connectivity index (χ0n) is 12.1. The van der Waals surface area contributed by atoms with E-state index in [0.717, 1.165) is 10.0 Å². The Balaban J connectivity index is 2.12. The van der Waals surface area contributed by atoms with Gasteiger partial charge in [0.1, 0.15) is 11.1 Å². The molecule has 1 aromatic rings. The minimum atomic E-state index is -1.27. The minimum Gasteiger partial charge on any atom is -0.479 e. The Bertz CT molecular complexity index is 564. The maximum atomic E-state index is 11.8. The van der Waals surface area contributed by atoms with Gasteiger partial charge in [0.15, 0.2) is 0 Å². The van der Waals surface area contributed by atoms with Crippen molar-refractivity contribution in [1.29, 1.82) is 0 Å². The highest BCUT2D eigenvalue weighted by molar-refractivity contribution is 9.10. The van der Waals surface area contributed by atoms with Crippen molar-refractivity contribution in [3.05, 3.63) is 34.3 Å². The predicted octanol–water partition coefficient (Wildman–Crippen LogP) is 3.28. The number of carbonyl (C=O) groups is 2. The third kappa shape index (κ3) is 3.56. The number of halogens is 1. The Morgan fingerprint density at radius 1 is 1.33 bits per heavy atom. The van der Waals surface area contributed by atoms with Gasteiger partial charge >= 0.3 is 12.1 Å². The van der Waals surface area contributed by atoms with E-state index in [1.165, 1.54) is 0 Å². The van der Waals surface area contributed by atoms with Crippen LogP contribution in [0.2, 0.25) is 0 Å². The molecule has 0 radical (unpaired) electrons. The minimum absolute atomic E-state index is 0.240. The predicted molar refractivity (Wildman–Crippen MR) is 81.2 cm³/mol. The Morgan fingerprint density at radius 3 is 2.38 bits per heavy atom. The molecule has 1 amide bonds. The second-order valence-corrected chi connectivity index (χ2v) is 7.13. The van der Waals surface area contributed by atoms with Gasteiger partial charge in [0, 0.05) is 10.4 Å². The van der Waals surface area contributed by atoms with Crippen LogP contribution in [0.5, 0.6) is 0 Å². The van der Waals surface area contributed by atoms with Crippen LogP contribution in [0, 0.1) is 0 Å². The summed E-state index contributed by atoms with van der Waals surface area (Å²) < 4.78 is 6.07. The van der Waals surface area contributed by atoms with Gasteiger partial charge in [0.25, 0.3) is 0 Å². The number of rotatable bonds is 3. The van der Waals surface area contributed by atoms with Crippen molar-refractivity contribution in [3.63, 3.8) is 0 Å². The van der Waals surface area contributed by atoms with Crippen LogP contribution in [-0.4, -0.2) is 28.3 Å². The molecule has 1 saturated carbocycles. The molecule has 21 heavy (non-hydrogen) atoms. The molecule has 0 heterocycles. The van der Waals surface area contributed by atoms with Crippen LogP contribution in [0.1, 0.15) is 38.7 Å². The van der Waals surface area contributed by atoms with Gasteiger partial charge in [0.2, 0.25) is 0 Å². The number of alkyl carbamates (subject to hydrolysis) is 1. The summed E-state index contributed by atoms with van der Waals surface area (Å²) in [5, 5.41) is 12.0. The number of aliphatic carboxylic acids is 1. The van der Waals surface area contributed by atoms with Gasteiger partial charge in [-0.25, -0.2) is 9.59 Å². The summed E-state index contributed by atoms with van der Waals surface area (Å²) >= 11 is 3.34. The molecule has 114 valence electrons. The summed E-state index contributed by atoms with van der Waals surface area (Å²) in [5.41, 5.74) is -1.04. The lowest BCUT2D eigenvalue weighted by Gasteiger charge is -2.22. The summed E-state index contributed by atoms with van der Waals surface area (Å²) in [7, 11) is 0. The largest absolute Gasteiger partial charge is 0.479 e. The first kappa shape index (κ1) is 15.8. The van der Waals surface area contributed by atoms with E-state index in [4.69, 9.17) is 4.74 Å². The van der Waals surface area contributed by atoms with Gasteiger partial charge in [-0.3, -0.25) is 0 Å². The molecule has 2 N–H and O–H groups in total. The third-order valence-corrected chi connectivity index (χ3v) is 3.87. The smallest absolute Gasteiger partial charge is 0.408 e. The number of carboxylic acid groups (broad SMARTS) is 1. The van der Waals surface area contributed by atoms with Crippen LogP contribution >= 0.6 is 15.9 Å². The summed E-state index contributed by atoms with van der Waals surface area (Å²) in [6.07, 6.45) is -0.340. The zero-order valence-corrected chi connectivity index (χ0v) is 13.7. The molecular weight excluding hydrogens is 338 g/mol. The van der Waals surface area contributed by atoms with Crippen LogP contribution in [0.3, 0.4) is 0 Å². The first-order valence-electron chi connectivity index (χ1n) is 6.64. The van der Waals surface area contributed by atoms with E-state index in [2.05, 4.69) is 21.2 Å². The molecule has 1 aromatic carbocycles. The van der Waals surface area contributed by atoms with Crippen molar-refractivity contribution in [3.8, 4) is 0 Å². The van der Waals surface area contributed by atoms with Gasteiger partial charge in [-0.05, 0) is 44.9 Å². The van der Waals surface area contributed by atoms with Crippen molar-refractivity contribution in [1.82, 2.24) is 5.32 Å². The highest BCUT2D eigenvalue weighted by Crippen LogP contribution is 2.51. The lowest BCUT2D eigenvalue weighted by molar-refractivity contribution is -0.140. The number of amides is 1. The number of hydrogen-bond acceptors (Lipinski definition) is 3. The van der Waals surface area contributed by atoms with E-state index in [9.17, 15) is 14.7 Å². The third-order valence-electron chi connectivity index (χ3n) is 3.34. The van der Waals surface area contributed by atoms with E-state index in [1.807, 2.05) is 24.3 Å². The normalized spacial score (nSPS) is 24.3. The van der Waals surface area contributed by atoms with Gasteiger partial charge < -0.3 is 15.2 Å². The van der Waals surface area contributed by atoms with Crippen LogP contribution in [0.15, 0.2) is 28.7 Å². The highest BCUT2D eigenvalue weighted by atomic mass is 79.9. The van der Waals surface area contributed by atoms with E-state index in [-0.39, 0.29) is 5.92 Å². The molecule has 0 bridgehead atoms. The molecule has 0 unspecified atom stereocenters. The van der Waals surface area contributed by atoms with E-state index in [0.29, 0.717) is 6.42 Å². The maximum Gasteiger partial charge on any atom is 0.408 e. The average molecular weight is 356 g/mol. The summed E-state index contributed by atoms with van der Waals surface area (Å²) in [6, 6.07) is 7.42.